The van der Waals surface area contributed by atoms with Gasteiger partial charge in [0, 0.05) is 10.9 Å². The van der Waals surface area contributed by atoms with Gasteiger partial charge in [0.2, 0.25) is 0 Å². The first-order chi connectivity index (χ1) is 7.54. The van der Waals surface area contributed by atoms with Crippen LogP contribution in [-0.2, 0) is 6.61 Å². The molecule has 0 saturated heterocycles. The lowest BCUT2D eigenvalue weighted by atomic mass is 10.1. The molecule has 84 valence electrons. The van der Waals surface area contributed by atoms with Crippen molar-refractivity contribution in [2.75, 3.05) is 0 Å². The molecule has 0 saturated carbocycles. The van der Waals surface area contributed by atoms with Crippen LogP contribution in [0.25, 0.3) is 10.9 Å². The van der Waals surface area contributed by atoms with E-state index in [1.807, 2.05) is 0 Å². The normalized spacial score (nSPS) is 11.1. The van der Waals surface area contributed by atoms with Gasteiger partial charge in [-0.25, -0.2) is 9.37 Å². The van der Waals surface area contributed by atoms with Gasteiger partial charge in [-0.2, -0.15) is 0 Å². The Kier molecular flexibility index (Phi) is 3.35. The summed E-state index contributed by atoms with van der Waals surface area (Å²) in [5, 5.41) is 9.84. The molecule has 1 aromatic heterocycles. The molecule has 2 nitrogen and oxygen atoms in total. The van der Waals surface area contributed by atoms with E-state index in [1.54, 1.807) is 12.1 Å². The molecule has 0 aliphatic carbocycles. The Labute approximate surface area is 109 Å². The number of aromatic nitrogens is 1. The highest BCUT2D eigenvalue weighted by Gasteiger charge is 2.13. The minimum Gasteiger partial charge on any atom is -0.392 e. The Hall–Kier alpha value is -0.420. The lowest BCUT2D eigenvalue weighted by Crippen LogP contribution is -1.93. The summed E-state index contributed by atoms with van der Waals surface area (Å²) in [6, 6.07) is 3.12. The van der Waals surface area contributed by atoms with E-state index < -0.39 is 5.82 Å². The first-order valence-corrected chi connectivity index (χ1v) is 5.83. The van der Waals surface area contributed by atoms with Crippen LogP contribution in [0.4, 0.5) is 4.39 Å². The number of halogens is 4. The molecule has 0 aliphatic rings. The van der Waals surface area contributed by atoms with Gasteiger partial charge >= 0.3 is 0 Å². The van der Waals surface area contributed by atoms with Gasteiger partial charge in [0.25, 0.3) is 0 Å². The van der Waals surface area contributed by atoms with Crippen LogP contribution in [-0.4, -0.2) is 10.1 Å². The fourth-order valence-electron chi connectivity index (χ4n) is 1.36. The van der Waals surface area contributed by atoms with Crippen molar-refractivity contribution in [3.63, 3.8) is 0 Å². The Morgan fingerprint density at radius 1 is 1.38 bits per heavy atom. The van der Waals surface area contributed by atoms with Gasteiger partial charge in [0.1, 0.15) is 10.7 Å². The van der Waals surface area contributed by atoms with Gasteiger partial charge in [-0.1, -0.05) is 23.2 Å². The van der Waals surface area contributed by atoms with E-state index in [0.717, 1.165) is 0 Å². The second kappa shape index (κ2) is 4.45. The van der Waals surface area contributed by atoms with Crippen LogP contribution in [0, 0.1) is 5.82 Å². The number of nitrogens with zero attached hydrogens (tertiary/aromatic N) is 1. The van der Waals surface area contributed by atoms with Crippen LogP contribution in [0.1, 0.15) is 5.56 Å². The van der Waals surface area contributed by atoms with Gasteiger partial charge < -0.3 is 5.11 Å². The standard InChI is InChI=1S/C10H5BrCl2FNO/c11-7-6(12)2-4-1-5(3-16)10(13)15-9(4)8(7)14/h1-2,16H,3H2. The number of fused-ring (bicyclic) bond motifs is 1. The topological polar surface area (TPSA) is 33.1 Å². The van der Waals surface area contributed by atoms with Gasteiger partial charge in [0.05, 0.1) is 16.1 Å². The fraction of sp³-hybridized carbons (Fsp3) is 0.100. The quantitative estimate of drug-likeness (QED) is 0.636. The fourth-order valence-corrected chi connectivity index (χ4v) is 2.06. The van der Waals surface area contributed by atoms with Crippen LogP contribution in [0.3, 0.4) is 0 Å². The molecule has 1 N–H and O–H groups in total. The molecular weight excluding hydrogens is 320 g/mol. The molecular formula is C10H5BrCl2FNO. The third kappa shape index (κ3) is 1.91. The van der Waals surface area contributed by atoms with E-state index in [2.05, 4.69) is 20.9 Å². The number of benzene rings is 1. The Morgan fingerprint density at radius 3 is 2.69 bits per heavy atom. The molecule has 2 rings (SSSR count). The molecule has 0 radical (unpaired) electrons. The second-order valence-electron chi connectivity index (χ2n) is 3.15. The van der Waals surface area contributed by atoms with Gasteiger partial charge in [-0.3, -0.25) is 0 Å². The van der Waals surface area contributed by atoms with Crippen molar-refractivity contribution in [1.29, 1.82) is 0 Å². The smallest absolute Gasteiger partial charge is 0.165 e. The van der Waals surface area contributed by atoms with Crippen molar-refractivity contribution in [2.24, 2.45) is 0 Å². The lowest BCUT2D eigenvalue weighted by Gasteiger charge is -2.06. The van der Waals surface area contributed by atoms with Crippen molar-refractivity contribution < 1.29 is 9.50 Å². The number of aliphatic hydroxyl groups excluding tert-OH is 1. The summed E-state index contributed by atoms with van der Waals surface area (Å²) < 4.78 is 13.9. The van der Waals surface area contributed by atoms with Crippen LogP contribution in [0.5, 0.6) is 0 Å². The van der Waals surface area contributed by atoms with Gasteiger partial charge in [0.15, 0.2) is 5.82 Å². The molecule has 0 aliphatic heterocycles. The Bertz CT molecular complexity index is 576. The molecule has 16 heavy (non-hydrogen) atoms. The number of pyridine rings is 1. The molecule has 0 atom stereocenters. The van der Waals surface area contributed by atoms with E-state index >= 15 is 0 Å². The van der Waals surface area contributed by atoms with Crippen molar-refractivity contribution in [2.45, 2.75) is 6.61 Å². The monoisotopic (exact) mass is 323 g/mol. The Morgan fingerprint density at radius 2 is 2.06 bits per heavy atom. The molecule has 2 aromatic rings. The van der Waals surface area contributed by atoms with Crippen LogP contribution < -0.4 is 0 Å². The zero-order chi connectivity index (χ0) is 11.9. The lowest BCUT2D eigenvalue weighted by molar-refractivity contribution is 0.281. The summed E-state index contributed by atoms with van der Waals surface area (Å²) in [6.45, 7) is -0.253. The highest BCUT2D eigenvalue weighted by molar-refractivity contribution is 9.10. The molecule has 0 amide bonds. The zero-order valence-electron chi connectivity index (χ0n) is 7.77. The largest absolute Gasteiger partial charge is 0.392 e. The molecule has 0 spiro atoms. The summed E-state index contributed by atoms with van der Waals surface area (Å²) in [4.78, 5) is 3.89. The maximum Gasteiger partial charge on any atom is 0.165 e. The molecule has 0 fully saturated rings. The molecule has 6 heteroatoms. The number of hydrogen-bond acceptors (Lipinski definition) is 2. The van der Waals surface area contributed by atoms with Crippen molar-refractivity contribution in [3.8, 4) is 0 Å². The van der Waals surface area contributed by atoms with Crippen LogP contribution >= 0.6 is 39.1 Å². The zero-order valence-corrected chi connectivity index (χ0v) is 10.9. The molecule has 0 unspecified atom stereocenters. The van der Waals surface area contributed by atoms with Crippen molar-refractivity contribution in [1.82, 2.24) is 4.98 Å². The second-order valence-corrected chi connectivity index (χ2v) is 4.71. The van der Waals surface area contributed by atoms with E-state index in [9.17, 15) is 4.39 Å². The first-order valence-electron chi connectivity index (χ1n) is 4.28. The molecule has 1 aromatic carbocycles. The van der Waals surface area contributed by atoms with E-state index in [0.29, 0.717) is 10.9 Å². The Balaban J connectivity index is 2.86. The van der Waals surface area contributed by atoms with E-state index in [4.69, 9.17) is 28.3 Å². The third-order valence-corrected chi connectivity index (χ3v) is 3.77. The number of aliphatic hydroxyl groups is 1. The third-order valence-electron chi connectivity index (χ3n) is 2.14. The predicted octanol–water partition coefficient (Wildman–Crippen LogP) is 3.94. The summed E-state index contributed by atoms with van der Waals surface area (Å²) in [6.07, 6.45) is 0. The highest BCUT2D eigenvalue weighted by Crippen LogP contribution is 2.32. The van der Waals surface area contributed by atoms with Crippen molar-refractivity contribution >= 4 is 50.0 Å². The minimum absolute atomic E-state index is 0.0862. The van der Waals surface area contributed by atoms with E-state index in [1.165, 1.54) is 0 Å². The summed E-state index contributed by atoms with van der Waals surface area (Å²) in [5.74, 6) is -0.561. The average molecular weight is 325 g/mol. The summed E-state index contributed by atoms with van der Waals surface area (Å²) in [7, 11) is 0. The summed E-state index contributed by atoms with van der Waals surface area (Å²) in [5.41, 5.74) is 0.561. The maximum absolute atomic E-state index is 13.8. The minimum atomic E-state index is -0.561. The summed E-state index contributed by atoms with van der Waals surface area (Å²) >= 11 is 14.6. The highest BCUT2D eigenvalue weighted by atomic mass is 79.9. The average Bonchev–Trinajstić information content (AvgIpc) is 2.27. The maximum atomic E-state index is 13.8. The van der Waals surface area contributed by atoms with Crippen LogP contribution in [0.15, 0.2) is 16.6 Å². The molecule has 1 heterocycles. The van der Waals surface area contributed by atoms with E-state index in [-0.39, 0.29) is 26.8 Å². The van der Waals surface area contributed by atoms with Gasteiger partial charge in [-0.15, -0.1) is 0 Å². The SMILES string of the molecule is OCc1cc2cc(Cl)c(Br)c(F)c2nc1Cl. The van der Waals surface area contributed by atoms with Gasteiger partial charge in [-0.05, 0) is 28.1 Å². The molecule has 0 bridgehead atoms. The number of hydrogen-bond donors (Lipinski definition) is 1. The number of rotatable bonds is 1. The first kappa shape index (κ1) is 12.0. The van der Waals surface area contributed by atoms with Crippen molar-refractivity contribution in [3.05, 3.63) is 38.2 Å². The predicted molar refractivity (Wildman–Crippen MR) is 65.3 cm³/mol. The van der Waals surface area contributed by atoms with Crippen LogP contribution in [0.2, 0.25) is 10.2 Å².